The number of rotatable bonds is 2. The van der Waals surface area contributed by atoms with Crippen molar-refractivity contribution in [1.29, 1.82) is 0 Å². The molecule has 78 valence electrons. The number of hydrogen-bond donors (Lipinski definition) is 1. The third-order valence-corrected chi connectivity index (χ3v) is 1.68. The molecule has 0 saturated carbocycles. The summed E-state index contributed by atoms with van der Waals surface area (Å²) in [5.74, 6) is 0.264. The third kappa shape index (κ3) is 2.14. The van der Waals surface area contributed by atoms with Gasteiger partial charge in [0.1, 0.15) is 11.4 Å². The van der Waals surface area contributed by atoms with Gasteiger partial charge in [0, 0.05) is 12.1 Å². The second-order valence-electron chi connectivity index (χ2n) is 2.58. The second-order valence-corrected chi connectivity index (χ2v) is 2.58. The van der Waals surface area contributed by atoms with Crippen molar-refractivity contribution in [3.8, 4) is 5.75 Å². The highest BCUT2D eigenvalue weighted by molar-refractivity contribution is 5.33. The van der Waals surface area contributed by atoms with Crippen LogP contribution in [-0.2, 0) is 12.7 Å². The number of nitrogens with zero attached hydrogens (tertiary/aromatic N) is 1. The molecule has 0 amide bonds. The zero-order valence-electron chi connectivity index (χ0n) is 7.43. The number of ether oxygens (including phenoxy) is 1. The number of aromatic nitrogens is 1. The van der Waals surface area contributed by atoms with Gasteiger partial charge in [-0.15, -0.1) is 0 Å². The highest BCUT2D eigenvalue weighted by Crippen LogP contribution is 2.30. The van der Waals surface area contributed by atoms with Crippen molar-refractivity contribution in [3.05, 3.63) is 23.5 Å². The molecular weight excluding hydrogens is 197 g/mol. The van der Waals surface area contributed by atoms with E-state index < -0.39 is 11.9 Å². The fraction of sp³-hybridized carbons (Fsp3) is 0.375. The van der Waals surface area contributed by atoms with Crippen LogP contribution in [0.1, 0.15) is 11.3 Å². The molecule has 2 N–H and O–H groups in total. The van der Waals surface area contributed by atoms with Gasteiger partial charge in [0.2, 0.25) is 0 Å². The Morgan fingerprint density at radius 2 is 2.14 bits per heavy atom. The summed E-state index contributed by atoms with van der Waals surface area (Å²) in [6.45, 7) is -0.0191. The summed E-state index contributed by atoms with van der Waals surface area (Å²) in [4.78, 5) is 3.22. The molecule has 0 saturated heterocycles. The summed E-state index contributed by atoms with van der Waals surface area (Å²) in [5.41, 5.74) is 4.59. The Morgan fingerprint density at radius 3 is 2.57 bits per heavy atom. The molecule has 0 aliphatic rings. The van der Waals surface area contributed by atoms with Crippen LogP contribution in [0.15, 0.2) is 12.3 Å². The fourth-order valence-electron chi connectivity index (χ4n) is 0.983. The first kappa shape index (κ1) is 10.8. The molecule has 3 nitrogen and oxygen atoms in total. The maximum absolute atomic E-state index is 12.2. The molecule has 1 aromatic heterocycles. The topological polar surface area (TPSA) is 48.1 Å². The van der Waals surface area contributed by atoms with Crippen molar-refractivity contribution in [3.63, 3.8) is 0 Å². The smallest absolute Gasteiger partial charge is 0.433 e. The Morgan fingerprint density at radius 1 is 1.50 bits per heavy atom. The molecule has 1 heterocycles. The van der Waals surface area contributed by atoms with Crippen molar-refractivity contribution in [2.75, 3.05) is 7.11 Å². The maximum Gasteiger partial charge on any atom is 0.433 e. The van der Waals surface area contributed by atoms with Gasteiger partial charge in [-0.1, -0.05) is 0 Å². The Labute approximate surface area is 78.7 Å². The SMILES string of the molecule is COc1cnc(C(F)(F)F)cc1CN. The van der Waals surface area contributed by atoms with Crippen molar-refractivity contribution >= 4 is 0 Å². The Balaban J connectivity index is 3.14. The van der Waals surface area contributed by atoms with Crippen LogP contribution >= 0.6 is 0 Å². The van der Waals surface area contributed by atoms with Crippen molar-refractivity contribution in [1.82, 2.24) is 4.98 Å². The molecule has 0 aromatic carbocycles. The van der Waals surface area contributed by atoms with Crippen LogP contribution in [0.25, 0.3) is 0 Å². The minimum absolute atomic E-state index is 0.0191. The van der Waals surface area contributed by atoms with Gasteiger partial charge < -0.3 is 10.5 Å². The van der Waals surface area contributed by atoms with E-state index in [1.807, 2.05) is 0 Å². The van der Waals surface area contributed by atoms with E-state index in [9.17, 15) is 13.2 Å². The molecular formula is C8H9F3N2O. The normalized spacial score (nSPS) is 11.5. The van der Waals surface area contributed by atoms with Gasteiger partial charge in [-0.25, -0.2) is 4.98 Å². The monoisotopic (exact) mass is 206 g/mol. The van der Waals surface area contributed by atoms with E-state index in [-0.39, 0.29) is 17.9 Å². The van der Waals surface area contributed by atoms with E-state index in [0.29, 0.717) is 0 Å². The van der Waals surface area contributed by atoms with Crippen LogP contribution in [0.2, 0.25) is 0 Å². The molecule has 14 heavy (non-hydrogen) atoms. The van der Waals surface area contributed by atoms with Crippen LogP contribution in [0.5, 0.6) is 5.75 Å². The van der Waals surface area contributed by atoms with Crippen molar-refractivity contribution < 1.29 is 17.9 Å². The minimum Gasteiger partial charge on any atom is -0.495 e. The third-order valence-electron chi connectivity index (χ3n) is 1.68. The molecule has 6 heteroatoms. The zero-order valence-corrected chi connectivity index (χ0v) is 7.43. The lowest BCUT2D eigenvalue weighted by molar-refractivity contribution is -0.141. The Kier molecular flexibility index (Phi) is 2.95. The predicted molar refractivity (Wildman–Crippen MR) is 43.7 cm³/mol. The van der Waals surface area contributed by atoms with Gasteiger partial charge in [0.05, 0.1) is 13.3 Å². The lowest BCUT2D eigenvalue weighted by Crippen LogP contribution is -2.10. The molecule has 0 unspecified atom stereocenters. The number of hydrogen-bond acceptors (Lipinski definition) is 3. The molecule has 0 aliphatic carbocycles. The molecule has 0 spiro atoms. The van der Waals surface area contributed by atoms with Gasteiger partial charge in [0.25, 0.3) is 0 Å². The van der Waals surface area contributed by atoms with E-state index in [2.05, 4.69) is 4.98 Å². The quantitative estimate of drug-likeness (QED) is 0.798. The summed E-state index contributed by atoms with van der Waals surface area (Å²) < 4.78 is 41.4. The van der Waals surface area contributed by atoms with Crippen LogP contribution in [0, 0.1) is 0 Å². The highest BCUT2D eigenvalue weighted by atomic mass is 19.4. The average molecular weight is 206 g/mol. The molecule has 0 atom stereocenters. The fourth-order valence-corrected chi connectivity index (χ4v) is 0.983. The second kappa shape index (κ2) is 3.83. The van der Waals surface area contributed by atoms with Crippen molar-refractivity contribution in [2.24, 2.45) is 5.73 Å². The van der Waals surface area contributed by atoms with Gasteiger partial charge in [-0.2, -0.15) is 13.2 Å². The first-order valence-electron chi connectivity index (χ1n) is 3.79. The lowest BCUT2D eigenvalue weighted by Gasteiger charge is -2.10. The van der Waals surface area contributed by atoms with Gasteiger partial charge in [-0.3, -0.25) is 0 Å². The number of alkyl halides is 3. The molecule has 0 fully saturated rings. The summed E-state index contributed by atoms with van der Waals surface area (Å²) in [6, 6.07) is 0.888. The van der Waals surface area contributed by atoms with E-state index in [4.69, 9.17) is 10.5 Å². The lowest BCUT2D eigenvalue weighted by atomic mass is 10.2. The van der Waals surface area contributed by atoms with E-state index in [1.165, 1.54) is 7.11 Å². The number of pyridine rings is 1. The van der Waals surface area contributed by atoms with E-state index >= 15 is 0 Å². The Hall–Kier alpha value is -1.30. The molecule has 0 aliphatic heterocycles. The standard InChI is InChI=1S/C8H9F3N2O/c1-14-6-4-13-7(8(9,10)11)2-5(6)3-12/h2,4H,3,12H2,1H3. The maximum atomic E-state index is 12.2. The van der Waals surface area contributed by atoms with E-state index in [1.54, 1.807) is 0 Å². The first-order chi connectivity index (χ1) is 6.49. The first-order valence-corrected chi connectivity index (χ1v) is 3.79. The molecule has 0 bridgehead atoms. The van der Waals surface area contributed by atoms with Crippen LogP contribution < -0.4 is 10.5 Å². The van der Waals surface area contributed by atoms with Crippen LogP contribution in [0.4, 0.5) is 13.2 Å². The summed E-state index contributed by atoms with van der Waals surface area (Å²) in [5, 5.41) is 0. The Bertz CT molecular complexity index is 325. The van der Waals surface area contributed by atoms with Gasteiger partial charge in [-0.05, 0) is 6.07 Å². The van der Waals surface area contributed by atoms with E-state index in [0.717, 1.165) is 12.3 Å². The summed E-state index contributed by atoms with van der Waals surface area (Å²) in [7, 11) is 1.35. The molecule has 1 aromatic rings. The van der Waals surface area contributed by atoms with Crippen molar-refractivity contribution in [2.45, 2.75) is 12.7 Å². The zero-order chi connectivity index (χ0) is 10.8. The largest absolute Gasteiger partial charge is 0.495 e. The molecule has 0 radical (unpaired) electrons. The number of nitrogens with two attached hydrogens (primary N) is 1. The number of halogens is 3. The summed E-state index contributed by atoms with van der Waals surface area (Å²) in [6.07, 6.45) is -3.43. The van der Waals surface area contributed by atoms with Crippen LogP contribution in [0.3, 0.4) is 0 Å². The average Bonchev–Trinajstić information content (AvgIpc) is 2.15. The van der Waals surface area contributed by atoms with Gasteiger partial charge >= 0.3 is 6.18 Å². The minimum atomic E-state index is -4.45. The molecule has 1 rings (SSSR count). The number of methoxy groups -OCH3 is 1. The summed E-state index contributed by atoms with van der Waals surface area (Å²) >= 11 is 0. The van der Waals surface area contributed by atoms with Crippen LogP contribution in [-0.4, -0.2) is 12.1 Å². The van der Waals surface area contributed by atoms with Gasteiger partial charge in [0.15, 0.2) is 0 Å². The highest BCUT2D eigenvalue weighted by Gasteiger charge is 2.32. The predicted octanol–water partition coefficient (Wildman–Crippen LogP) is 1.57.